The van der Waals surface area contributed by atoms with Gasteiger partial charge in [-0.15, -0.1) is 0 Å². The molecule has 1 amide bonds. The summed E-state index contributed by atoms with van der Waals surface area (Å²) in [5.74, 6) is 1.79. The van der Waals surface area contributed by atoms with E-state index < -0.39 is 0 Å². The average Bonchev–Trinajstić information content (AvgIpc) is 3.29. The summed E-state index contributed by atoms with van der Waals surface area (Å²) in [5.41, 5.74) is 5.61. The molecule has 0 bridgehead atoms. The number of allylic oxidation sites excluding steroid dienone is 1. The number of furan rings is 1. The fourth-order valence-electron chi connectivity index (χ4n) is 4.24. The lowest BCUT2D eigenvalue weighted by Gasteiger charge is -2.14. The molecular formula is C29H29NO5. The number of amides is 1. The third-order valence-corrected chi connectivity index (χ3v) is 5.86. The number of methoxy groups -OCH3 is 2. The number of anilines is 1. The van der Waals surface area contributed by atoms with Crippen molar-refractivity contribution in [3.63, 3.8) is 0 Å². The average molecular weight is 472 g/mol. The first-order valence-electron chi connectivity index (χ1n) is 11.4. The molecule has 0 unspecified atom stereocenters. The molecule has 0 saturated carbocycles. The van der Waals surface area contributed by atoms with Gasteiger partial charge >= 0.3 is 0 Å². The largest absolute Gasteiger partial charge is 0.496 e. The van der Waals surface area contributed by atoms with Crippen LogP contribution in [0.5, 0.6) is 17.2 Å². The number of benzene rings is 3. The maximum Gasteiger partial charge on any atom is 0.248 e. The predicted molar refractivity (Wildman–Crippen MR) is 139 cm³/mol. The fourth-order valence-corrected chi connectivity index (χ4v) is 4.24. The third-order valence-electron chi connectivity index (χ3n) is 5.86. The van der Waals surface area contributed by atoms with E-state index in [2.05, 4.69) is 5.32 Å². The number of carbonyl (C=O) groups is 1. The number of ether oxygens (including phenoxy) is 3. The highest BCUT2D eigenvalue weighted by Gasteiger charge is 2.20. The number of fused-ring (bicyclic) bond motifs is 1. The Bertz CT molecular complexity index is 1400. The fraction of sp³-hybridized carbons (Fsp3) is 0.207. The van der Waals surface area contributed by atoms with Gasteiger partial charge in [0.1, 0.15) is 22.8 Å². The Balaban J connectivity index is 1.76. The van der Waals surface area contributed by atoms with E-state index in [1.807, 2.05) is 75.4 Å². The number of hydrogen-bond acceptors (Lipinski definition) is 5. The predicted octanol–water partition coefficient (Wildman–Crippen LogP) is 6.87. The van der Waals surface area contributed by atoms with E-state index in [0.717, 1.165) is 44.5 Å². The molecule has 1 N–H and O–H groups in total. The first-order chi connectivity index (χ1) is 17.0. The zero-order valence-corrected chi connectivity index (χ0v) is 20.6. The molecule has 6 nitrogen and oxygen atoms in total. The van der Waals surface area contributed by atoms with Crippen molar-refractivity contribution in [2.75, 3.05) is 26.1 Å². The molecule has 0 aliphatic heterocycles. The quantitative estimate of drug-likeness (QED) is 0.284. The highest BCUT2D eigenvalue weighted by molar-refractivity contribution is 6.06. The number of aryl methyl sites for hydroxylation is 1. The molecule has 1 aromatic heterocycles. The van der Waals surface area contributed by atoms with Gasteiger partial charge in [-0.1, -0.05) is 30.3 Å². The van der Waals surface area contributed by atoms with Gasteiger partial charge in [-0.3, -0.25) is 4.79 Å². The van der Waals surface area contributed by atoms with Crippen LogP contribution in [0.2, 0.25) is 0 Å². The Morgan fingerprint density at radius 2 is 1.71 bits per heavy atom. The van der Waals surface area contributed by atoms with Crippen LogP contribution in [0.3, 0.4) is 0 Å². The molecule has 6 heteroatoms. The van der Waals surface area contributed by atoms with Crippen LogP contribution in [-0.4, -0.2) is 26.7 Å². The molecule has 0 saturated heterocycles. The van der Waals surface area contributed by atoms with E-state index in [-0.39, 0.29) is 5.91 Å². The van der Waals surface area contributed by atoms with E-state index in [1.165, 1.54) is 0 Å². The number of rotatable bonds is 8. The van der Waals surface area contributed by atoms with E-state index in [1.54, 1.807) is 26.6 Å². The van der Waals surface area contributed by atoms with Crippen LogP contribution in [-0.2, 0) is 4.79 Å². The number of nitrogens with one attached hydrogen (secondary N) is 1. The zero-order chi connectivity index (χ0) is 24.9. The van der Waals surface area contributed by atoms with Crippen molar-refractivity contribution in [1.82, 2.24) is 0 Å². The van der Waals surface area contributed by atoms with E-state index >= 15 is 0 Å². The lowest BCUT2D eigenvalue weighted by atomic mass is 9.96. The van der Waals surface area contributed by atoms with Crippen LogP contribution < -0.4 is 19.5 Å². The van der Waals surface area contributed by atoms with Gasteiger partial charge in [0.05, 0.1) is 32.8 Å². The zero-order valence-electron chi connectivity index (χ0n) is 20.6. The molecule has 4 aromatic rings. The van der Waals surface area contributed by atoms with Crippen molar-refractivity contribution >= 4 is 28.1 Å². The molecule has 0 atom stereocenters. The smallest absolute Gasteiger partial charge is 0.248 e. The van der Waals surface area contributed by atoms with Gasteiger partial charge in [0, 0.05) is 33.7 Å². The molecule has 0 aliphatic rings. The second-order valence-corrected chi connectivity index (χ2v) is 8.05. The van der Waals surface area contributed by atoms with Crippen LogP contribution >= 0.6 is 0 Å². The number of hydrogen-bond donors (Lipinski definition) is 1. The summed E-state index contributed by atoms with van der Waals surface area (Å²) in [7, 11) is 3.27. The number of carbonyl (C=O) groups excluding carboxylic acids is 1. The van der Waals surface area contributed by atoms with Crippen molar-refractivity contribution < 1.29 is 23.4 Å². The number of para-hydroxylation sites is 3. The minimum absolute atomic E-state index is 0.258. The Hall–Kier alpha value is -4.19. The summed E-state index contributed by atoms with van der Waals surface area (Å²) < 4.78 is 22.9. The summed E-state index contributed by atoms with van der Waals surface area (Å²) in [4.78, 5) is 12.9. The van der Waals surface area contributed by atoms with Crippen LogP contribution in [0, 0.1) is 6.92 Å². The molecule has 3 aromatic carbocycles. The maximum absolute atomic E-state index is 12.9. The Labute approximate surface area is 205 Å². The third kappa shape index (κ3) is 4.73. The first-order valence-corrected chi connectivity index (χ1v) is 11.4. The molecule has 1 heterocycles. The second kappa shape index (κ2) is 10.4. The minimum Gasteiger partial charge on any atom is -0.496 e. The molecule has 4 rings (SSSR count). The van der Waals surface area contributed by atoms with Crippen molar-refractivity contribution in [1.29, 1.82) is 0 Å². The van der Waals surface area contributed by atoms with Crippen LogP contribution in [0.1, 0.15) is 25.0 Å². The van der Waals surface area contributed by atoms with Crippen LogP contribution in [0.15, 0.2) is 71.4 Å². The maximum atomic E-state index is 12.9. The van der Waals surface area contributed by atoms with Crippen LogP contribution in [0.25, 0.3) is 27.7 Å². The summed E-state index contributed by atoms with van der Waals surface area (Å²) in [6.07, 6.45) is 3.30. The molecular weight excluding hydrogens is 442 g/mol. The van der Waals surface area contributed by atoms with E-state index in [0.29, 0.717) is 23.8 Å². The summed E-state index contributed by atoms with van der Waals surface area (Å²) in [6, 6.07) is 17.2. The second-order valence-electron chi connectivity index (χ2n) is 8.05. The van der Waals surface area contributed by atoms with Crippen molar-refractivity contribution in [3.8, 4) is 28.4 Å². The summed E-state index contributed by atoms with van der Waals surface area (Å²) in [6.45, 7) is 6.26. The molecule has 0 fully saturated rings. The lowest BCUT2D eigenvalue weighted by molar-refractivity contribution is -0.111. The molecule has 0 aliphatic carbocycles. The van der Waals surface area contributed by atoms with Crippen LogP contribution in [0.4, 0.5) is 5.69 Å². The highest BCUT2D eigenvalue weighted by Crippen LogP contribution is 2.42. The Kier molecular flexibility index (Phi) is 7.11. The molecule has 0 radical (unpaired) electrons. The van der Waals surface area contributed by atoms with Gasteiger partial charge in [0.25, 0.3) is 0 Å². The Morgan fingerprint density at radius 1 is 1.00 bits per heavy atom. The van der Waals surface area contributed by atoms with Crippen molar-refractivity contribution in [3.05, 3.63) is 78.1 Å². The van der Waals surface area contributed by atoms with Gasteiger partial charge in [-0.05, 0) is 50.6 Å². The standard InChI is InChI=1S/C29H29NO5/c1-6-34-26-14-10-8-12-24(26)30-27(31)15-18(2)21-16-22-23(20-11-7-9-13-25(20)32-4)17-35-29(22)19(3)28(21)33-5/h7-17H,6H2,1-5H3,(H,30,31)/b18-15+. The monoisotopic (exact) mass is 471 g/mol. The van der Waals surface area contributed by atoms with Crippen molar-refractivity contribution in [2.45, 2.75) is 20.8 Å². The van der Waals surface area contributed by atoms with Gasteiger partial charge in [0.15, 0.2) is 0 Å². The topological polar surface area (TPSA) is 69.9 Å². The highest BCUT2D eigenvalue weighted by atomic mass is 16.5. The Morgan fingerprint density at radius 3 is 2.43 bits per heavy atom. The normalized spacial score (nSPS) is 11.4. The van der Waals surface area contributed by atoms with Gasteiger partial charge in [-0.25, -0.2) is 0 Å². The van der Waals surface area contributed by atoms with E-state index in [4.69, 9.17) is 18.6 Å². The van der Waals surface area contributed by atoms with Gasteiger partial charge in [-0.2, -0.15) is 0 Å². The van der Waals surface area contributed by atoms with Gasteiger partial charge < -0.3 is 23.9 Å². The SMILES string of the molecule is CCOc1ccccc1NC(=O)/C=C(\C)c1cc2c(-c3ccccc3OC)coc2c(C)c1OC. The summed E-state index contributed by atoms with van der Waals surface area (Å²) in [5, 5.41) is 3.83. The van der Waals surface area contributed by atoms with Crippen molar-refractivity contribution in [2.24, 2.45) is 0 Å². The minimum atomic E-state index is -0.258. The van der Waals surface area contributed by atoms with Gasteiger partial charge in [0.2, 0.25) is 5.91 Å². The molecule has 0 spiro atoms. The lowest BCUT2D eigenvalue weighted by Crippen LogP contribution is -2.10. The van der Waals surface area contributed by atoms with E-state index in [9.17, 15) is 4.79 Å². The first kappa shape index (κ1) is 24.0. The summed E-state index contributed by atoms with van der Waals surface area (Å²) >= 11 is 0. The molecule has 180 valence electrons. The molecule has 35 heavy (non-hydrogen) atoms.